The highest BCUT2D eigenvalue weighted by molar-refractivity contribution is 5.69. The van der Waals surface area contributed by atoms with E-state index in [1.54, 1.807) is 5.57 Å². The van der Waals surface area contributed by atoms with Gasteiger partial charge in [-0.25, -0.2) is 0 Å². The van der Waals surface area contributed by atoms with Crippen LogP contribution >= 0.6 is 0 Å². The van der Waals surface area contributed by atoms with Crippen molar-refractivity contribution in [3.8, 4) is 0 Å². The van der Waals surface area contributed by atoms with Crippen molar-refractivity contribution in [3.05, 3.63) is 11.6 Å². The lowest BCUT2D eigenvalue weighted by Gasteiger charge is -2.58. The lowest BCUT2D eigenvalue weighted by atomic mass is 9.47. The lowest BCUT2D eigenvalue weighted by molar-refractivity contribution is -0.148. The van der Waals surface area contributed by atoms with Crippen LogP contribution in [0.1, 0.15) is 91.9 Å². The van der Waals surface area contributed by atoms with Crippen LogP contribution in [0.4, 0.5) is 0 Å². The molecule has 0 aromatic heterocycles. The van der Waals surface area contributed by atoms with Crippen LogP contribution in [0.3, 0.4) is 0 Å². The van der Waals surface area contributed by atoms with E-state index < -0.39 is 0 Å². The Labute approximate surface area is 188 Å². The number of ether oxygens (including phenoxy) is 2. The molecule has 0 aromatic rings. The largest absolute Gasteiger partial charge is 0.469 e. The minimum Gasteiger partial charge on any atom is -0.469 e. The molecule has 4 aliphatic carbocycles. The lowest BCUT2D eigenvalue weighted by Crippen LogP contribution is -2.51. The molecule has 4 aliphatic rings. The van der Waals surface area contributed by atoms with Gasteiger partial charge in [-0.05, 0) is 91.8 Å². The third-order valence-corrected chi connectivity index (χ3v) is 10.2. The average molecular weight is 431 g/mol. The highest BCUT2D eigenvalue weighted by Crippen LogP contribution is 2.67. The number of hydrogen-bond donors (Lipinski definition) is 0. The molecular formula is C27H42O4. The Morgan fingerprint density at radius 1 is 1.13 bits per heavy atom. The molecule has 0 aromatic carbocycles. The number of carbonyl (C=O) groups excluding carboxylic acids is 2. The zero-order valence-corrected chi connectivity index (χ0v) is 20.2. The fraction of sp³-hybridized carbons (Fsp3) is 0.852. The Kier molecular flexibility index (Phi) is 6.31. The maximum absolute atomic E-state index is 11.7. The molecule has 4 heteroatoms. The zero-order valence-electron chi connectivity index (χ0n) is 20.2. The maximum atomic E-state index is 11.7. The second kappa shape index (κ2) is 8.56. The summed E-state index contributed by atoms with van der Waals surface area (Å²) < 4.78 is 10.5. The second-order valence-electron chi connectivity index (χ2n) is 11.6. The molecule has 3 fully saturated rings. The van der Waals surface area contributed by atoms with E-state index >= 15 is 0 Å². The summed E-state index contributed by atoms with van der Waals surface area (Å²) in [5.74, 6) is 3.45. The van der Waals surface area contributed by atoms with Gasteiger partial charge in [-0.3, -0.25) is 9.59 Å². The molecule has 0 heterocycles. The van der Waals surface area contributed by atoms with E-state index in [9.17, 15) is 9.59 Å². The van der Waals surface area contributed by atoms with Crippen LogP contribution in [0.15, 0.2) is 11.6 Å². The molecular weight excluding hydrogens is 388 g/mol. The van der Waals surface area contributed by atoms with Gasteiger partial charge in [0.15, 0.2) is 0 Å². The molecule has 3 saturated carbocycles. The van der Waals surface area contributed by atoms with Gasteiger partial charge in [0.1, 0.15) is 6.10 Å². The summed E-state index contributed by atoms with van der Waals surface area (Å²) in [4.78, 5) is 23.1. The van der Waals surface area contributed by atoms with Crippen molar-refractivity contribution in [2.45, 2.75) is 98.0 Å². The van der Waals surface area contributed by atoms with Gasteiger partial charge in [-0.15, -0.1) is 0 Å². The molecule has 4 rings (SSSR count). The van der Waals surface area contributed by atoms with Gasteiger partial charge in [0.05, 0.1) is 7.11 Å². The average Bonchev–Trinajstić information content (AvgIpc) is 3.09. The van der Waals surface area contributed by atoms with E-state index in [4.69, 9.17) is 9.47 Å². The zero-order chi connectivity index (χ0) is 22.4. The van der Waals surface area contributed by atoms with Crippen molar-refractivity contribution in [2.24, 2.45) is 40.4 Å². The van der Waals surface area contributed by atoms with Crippen LogP contribution in [0, 0.1) is 40.4 Å². The molecule has 0 amide bonds. The molecule has 174 valence electrons. The van der Waals surface area contributed by atoms with Crippen LogP contribution in [-0.4, -0.2) is 25.2 Å². The first-order chi connectivity index (χ1) is 14.7. The summed E-state index contributed by atoms with van der Waals surface area (Å²) in [6, 6.07) is 0. The van der Waals surface area contributed by atoms with Gasteiger partial charge < -0.3 is 9.47 Å². The van der Waals surface area contributed by atoms with Crippen molar-refractivity contribution < 1.29 is 19.1 Å². The van der Waals surface area contributed by atoms with Gasteiger partial charge in [-0.1, -0.05) is 32.4 Å². The molecule has 0 spiro atoms. The van der Waals surface area contributed by atoms with E-state index in [1.165, 1.54) is 46.1 Å². The van der Waals surface area contributed by atoms with E-state index in [2.05, 4.69) is 26.8 Å². The van der Waals surface area contributed by atoms with Gasteiger partial charge in [-0.2, -0.15) is 0 Å². The fourth-order valence-corrected chi connectivity index (χ4v) is 8.59. The number of hydrogen-bond acceptors (Lipinski definition) is 4. The van der Waals surface area contributed by atoms with Crippen molar-refractivity contribution in [2.75, 3.05) is 7.11 Å². The minimum atomic E-state index is -0.144. The van der Waals surface area contributed by atoms with Crippen LogP contribution in [0.2, 0.25) is 0 Å². The third-order valence-electron chi connectivity index (χ3n) is 10.2. The molecule has 0 bridgehead atoms. The molecule has 0 unspecified atom stereocenters. The number of carbonyl (C=O) groups is 2. The highest BCUT2D eigenvalue weighted by atomic mass is 16.5. The van der Waals surface area contributed by atoms with E-state index in [-0.39, 0.29) is 23.5 Å². The Balaban J connectivity index is 1.48. The Morgan fingerprint density at radius 3 is 2.61 bits per heavy atom. The standard InChI is InChI=1S/C27H42O4/c1-17(6-11-25(29)30-5)22-9-10-23-21-8-7-19-16-20(31-18(2)28)12-14-26(19,3)24(21)13-15-27(22,23)4/h7,17,20-24H,6,8-16H2,1-5H3/t17-,20+,21-,22-,23-,24+,26+,27-/m1/s1. The first-order valence-electron chi connectivity index (χ1n) is 12.6. The molecule has 0 saturated heterocycles. The molecule has 0 aliphatic heterocycles. The molecule has 0 radical (unpaired) electrons. The SMILES string of the molecule is COC(=O)CC[C@@H](C)[C@H]1CC[C@@H]2[C@H]3CC=C4C[C@@H](OC(C)=O)CC[C@]4(C)[C@H]3CC[C@@]21C. The van der Waals surface area contributed by atoms with Crippen LogP contribution in [0.25, 0.3) is 0 Å². The van der Waals surface area contributed by atoms with E-state index in [0.717, 1.165) is 49.4 Å². The molecule has 4 nitrogen and oxygen atoms in total. The first-order valence-corrected chi connectivity index (χ1v) is 12.6. The molecule has 8 atom stereocenters. The minimum absolute atomic E-state index is 0.0718. The maximum Gasteiger partial charge on any atom is 0.305 e. The number of esters is 2. The number of fused-ring (bicyclic) bond motifs is 5. The molecule has 31 heavy (non-hydrogen) atoms. The summed E-state index contributed by atoms with van der Waals surface area (Å²) in [5, 5.41) is 0. The van der Waals surface area contributed by atoms with Crippen molar-refractivity contribution in [1.29, 1.82) is 0 Å². The summed E-state index contributed by atoms with van der Waals surface area (Å²) in [6.07, 6.45) is 13.7. The smallest absolute Gasteiger partial charge is 0.305 e. The van der Waals surface area contributed by atoms with Gasteiger partial charge >= 0.3 is 11.9 Å². The first kappa shape index (κ1) is 22.9. The number of rotatable bonds is 5. The van der Waals surface area contributed by atoms with E-state index in [0.29, 0.717) is 17.8 Å². The quantitative estimate of drug-likeness (QED) is 0.391. The van der Waals surface area contributed by atoms with Crippen molar-refractivity contribution >= 4 is 11.9 Å². The summed E-state index contributed by atoms with van der Waals surface area (Å²) >= 11 is 0. The third kappa shape index (κ3) is 3.97. The van der Waals surface area contributed by atoms with Crippen molar-refractivity contribution in [1.82, 2.24) is 0 Å². The highest BCUT2D eigenvalue weighted by Gasteiger charge is 2.59. The van der Waals surface area contributed by atoms with Crippen LogP contribution in [-0.2, 0) is 19.1 Å². The number of methoxy groups -OCH3 is 1. The summed E-state index contributed by atoms with van der Waals surface area (Å²) in [7, 11) is 1.49. The monoisotopic (exact) mass is 430 g/mol. The topological polar surface area (TPSA) is 52.6 Å². The van der Waals surface area contributed by atoms with Gasteiger partial charge in [0.25, 0.3) is 0 Å². The van der Waals surface area contributed by atoms with E-state index in [1.807, 2.05) is 0 Å². The van der Waals surface area contributed by atoms with Gasteiger partial charge in [0.2, 0.25) is 0 Å². The predicted molar refractivity (Wildman–Crippen MR) is 121 cm³/mol. The Bertz CT molecular complexity index is 742. The Hall–Kier alpha value is -1.32. The normalized spacial score (nSPS) is 42.5. The second-order valence-corrected chi connectivity index (χ2v) is 11.6. The van der Waals surface area contributed by atoms with Crippen molar-refractivity contribution in [3.63, 3.8) is 0 Å². The number of allylic oxidation sites excluding steroid dienone is 1. The predicted octanol–water partition coefficient (Wildman–Crippen LogP) is 6.09. The summed E-state index contributed by atoms with van der Waals surface area (Å²) in [5.41, 5.74) is 2.26. The van der Waals surface area contributed by atoms with Crippen LogP contribution < -0.4 is 0 Å². The Morgan fingerprint density at radius 2 is 1.90 bits per heavy atom. The van der Waals surface area contributed by atoms with Gasteiger partial charge in [0, 0.05) is 19.8 Å². The molecule has 0 N–H and O–H groups in total. The summed E-state index contributed by atoms with van der Waals surface area (Å²) in [6.45, 7) is 8.97. The van der Waals surface area contributed by atoms with Crippen LogP contribution in [0.5, 0.6) is 0 Å². The fourth-order valence-electron chi connectivity index (χ4n) is 8.59.